The minimum absolute atomic E-state index is 0.0921. The van der Waals surface area contributed by atoms with Crippen molar-refractivity contribution in [1.82, 2.24) is 15.1 Å². The fraction of sp³-hybridized carbons (Fsp3) is 0.444. The summed E-state index contributed by atoms with van der Waals surface area (Å²) in [4.78, 5) is 12.4. The van der Waals surface area contributed by atoms with Gasteiger partial charge in [-0.2, -0.15) is 5.10 Å². The quantitative estimate of drug-likeness (QED) is 0.722. The van der Waals surface area contributed by atoms with E-state index in [9.17, 15) is 4.79 Å². The van der Waals surface area contributed by atoms with Crippen LogP contribution in [0.15, 0.2) is 28.9 Å². The summed E-state index contributed by atoms with van der Waals surface area (Å²) in [5, 5.41) is 7.18. The maximum absolute atomic E-state index is 12.4. The highest BCUT2D eigenvalue weighted by Gasteiger charge is 2.18. The van der Waals surface area contributed by atoms with E-state index in [2.05, 4.69) is 26.3 Å². The van der Waals surface area contributed by atoms with Gasteiger partial charge in [0.25, 0.3) is 0 Å². The number of aromatic nitrogens is 2. The van der Waals surface area contributed by atoms with Gasteiger partial charge in [0, 0.05) is 6.54 Å². The van der Waals surface area contributed by atoms with Crippen LogP contribution in [0.25, 0.3) is 0 Å². The molecule has 0 bridgehead atoms. The van der Waals surface area contributed by atoms with Gasteiger partial charge in [0.05, 0.1) is 29.6 Å². The molecular formula is C18H24BrN3O3. The molecule has 6 nitrogen and oxygen atoms in total. The molecule has 2 aromatic rings. The summed E-state index contributed by atoms with van der Waals surface area (Å²) in [5.41, 5.74) is 1.87. The zero-order chi connectivity index (χ0) is 18.4. The van der Waals surface area contributed by atoms with Gasteiger partial charge >= 0.3 is 0 Å². The molecule has 1 N–H and O–H groups in total. The predicted molar refractivity (Wildman–Crippen MR) is 100 cm³/mol. The summed E-state index contributed by atoms with van der Waals surface area (Å²) in [6.45, 7) is 9.15. The van der Waals surface area contributed by atoms with E-state index in [4.69, 9.17) is 9.47 Å². The summed E-state index contributed by atoms with van der Waals surface area (Å²) in [5.74, 6) is 1.31. The molecule has 2 rings (SSSR count). The number of halogens is 1. The van der Waals surface area contributed by atoms with Crippen LogP contribution in [0.4, 0.5) is 0 Å². The molecule has 1 aromatic carbocycles. The Hall–Kier alpha value is -2.02. The number of hydrogen-bond donors (Lipinski definition) is 1. The van der Waals surface area contributed by atoms with E-state index in [1.807, 2.05) is 45.9 Å². The van der Waals surface area contributed by atoms with Gasteiger partial charge < -0.3 is 14.8 Å². The Balaban J connectivity index is 2.03. The smallest absolute Gasteiger partial charge is 0.244 e. The molecule has 1 aromatic heterocycles. The fourth-order valence-electron chi connectivity index (χ4n) is 2.45. The molecule has 25 heavy (non-hydrogen) atoms. The monoisotopic (exact) mass is 409 g/mol. The van der Waals surface area contributed by atoms with Crippen molar-refractivity contribution in [1.29, 1.82) is 0 Å². The van der Waals surface area contributed by atoms with Gasteiger partial charge in [-0.15, -0.1) is 0 Å². The fourth-order valence-corrected chi connectivity index (χ4v) is 2.72. The Labute approximate surface area is 156 Å². The second-order valence-corrected chi connectivity index (χ2v) is 6.42. The molecule has 0 aliphatic carbocycles. The van der Waals surface area contributed by atoms with Gasteiger partial charge in [-0.1, -0.05) is 6.07 Å². The van der Waals surface area contributed by atoms with Crippen LogP contribution in [-0.2, 0) is 11.3 Å². The van der Waals surface area contributed by atoms with Crippen LogP contribution >= 0.6 is 15.9 Å². The Morgan fingerprint density at radius 1 is 1.28 bits per heavy atom. The number of rotatable bonds is 8. The van der Waals surface area contributed by atoms with Crippen LogP contribution in [0.2, 0.25) is 0 Å². The minimum Gasteiger partial charge on any atom is -0.490 e. The van der Waals surface area contributed by atoms with E-state index in [1.165, 1.54) is 0 Å². The number of amides is 1. The van der Waals surface area contributed by atoms with Gasteiger partial charge in [0.15, 0.2) is 11.5 Å². The van der Waals surface area contributed by atoms with Crippen molar-refractivity contribution in [2.75, 3.05) is 13.2 Å². The number of nitrogens with one attached hydrogen (secondary N) is 1. The van der Waals surface area contributed by atoms with Gasteiger partial charge in [0.1, 0.15) is 6.04 Å². The largest absolute Gasteiger partial charge is 0.490 e. The van der Waals surface area contributed by atoms with Crippen LogP contribution < -0.4 is 14.8 Å². The molecule has 7 heteroatoms. The van der Waals surface area contributed by atoms with Crippen molar-refractivity contribution >= 4 is 21.8 Å². The van der Waals surface area contributed by atoms with E-state index in [0.717, 1.165) is 15.7 Å². The molecule has 1 amide bonds. The molecule has 1 unspecified atom stereocenters. The zero-order valence-electron chi connectivity index (χ0n) is 15.0. The van der Waals surface area contributed by atoms with E-state index >= 15 is 0 Å². The highest BCUT2D eigenvalue weighted by molar-refractivity contribution is 9.10. The SMILES string of the molecule is CCOc1ccc(CNC(=O)C(C)n2ncc(Br)c2C)cc1OCC. The predicted octanol–water partition coefficient (Wildman–Crippen LogP) is 3.63. The van der Waals surface area contributed by atoms with Gasteiger partial charge in [-0.05, 0) is 61.3 Å². The zero-order valence-corrected chi connectivity index (χ0v) is 16.6. The standard InChI is InChI=1S/C18H24BrN3O3/c1-5-24-16-8-7-14(9-17(16)25-6-2)10-20-18(23)13(4)22-12(3)15(19)11-21-22/h7-9,11,13H,5-6,10H2,1-4H3,(H,20,23). The van der Waals surface area contributed by atoms with Crippen molar-refractivity contribution in [3.8, 4) is 11.5 Å². The lowest BCUT2D eigenvalue weighted by Crippen LogP contribution is -2.31. The molecule has 1 heterocycles. The van der Waals surface area contributed by atoms with Crippen molar-refractivity contribution in [3.05, 3.63) is 40.1 Å². The Kier molecular flexibility index (Phi) is 6.87. The highest BCUT2D eigenvalue weighted by Crippen LogP contribution is 2.28. The molecule has 136 valence electrons. The molecule has 0 spiro atoms. The number of nitrogens with zero attached hydrogens (tertiary/aromatic N) is 2. The molecule has 0 aliphatic rings. The van der Waals surface area contributed by atoms with Crippen LogP contribution in [0.3, 0.4) is 0 Å². The lowest BCUT2D eigenvalue weighted by Gasteiger charge is -2.16. The Morgan fingerprint density at radius 3 is 2.56 bits per heavy atom. The van der Waals surface area contributed by atoms with E-state index in [-0.39, 0.29) is 11.9 Å². The second kappa shape index (κ2) is 8.89. The normalized spacial score (nSPS) is 11.9. The van der Waals surface area contributed by atoms with E-state index in [0.29, 0.717) is 31.3 Å². The third-order valence-corrected chi connectivity index (χ3v) is 4.58. The number of benzene rings is 1. The number of carbonyl (C=O) groups excluding carboxylic acids is 1. The average molecular weight is 410 g/mol. The molecule has 0 saturated carbocycles. The molecule has 0 radical (unpaired) electrons. The summed E-state index contributed by atoms with van der Waals surface area (Å²) < 4.78 is 13.8. The number of carbonyl (C=O) groups is 1. The first-order valence-electron chi connectivity index (χ1n) is 8.33. The van der Waals surface area contributed by atoms with Crippen molar-refractivity contribution in [3.63, 3.8) is 0 Å². The first kappa shape index (κ1) is 19.3. The summed E-state index contributed by atoms with van der Waals surface area (Å²) >= 11 is 3.41. The number of ether oxygens (including phenoxy) is 2. The summed E-state index contributed by atoms with van der Waals surface area (Å²) in [6, 6.07) is 5.30. The lowest BCUT2D eigenvalue weighted by atomic mass is 10.2. The molecule has 1 atom stereocenters. The van der Waals surface area contributed by atoms with Crippen molar-refractivity contribution in [2.45, 2.75) is 40.3 Å². The van der Waals surface area contributed by atoms with Crippen LogP contribution in [-0.4, -0.2) is 28.9 Å². The first-order chi connectivity index (χ1) is 12.0. The average Bonchev–Trinajstić information content (AvgIpc) is 2.93. The summed E-state index contributed by atoms with van der Waals surface area (Å²) in [6.07, 6.45) is 1.69. The van der Waals surface area contributed by atoms with Gasteiger partial charge in [-0.25, -0.2) is 0 Å². The van der Waals surface area contributed by atoms with Crippen molar-refractivity contribution in [2.24, 2.45) is 0 Å². The topological polar surface area (TPSA) is 65.4 Å². The highest BCUT2D eigenvalue weighted by atomic mass is 79.9. The third kappa shape index (κ3) is 4.75. The number of hydrogen-bond acceptors (Lipinski definition) is 4. The van der Waals surface area contributed by atoms with Crippen molar-refractivity contribution < 1.29 is 14.3 Å². The van der Waals surface area contributed by atoms with Crippen LogP contribution in [0, 0.1) is 6.92 Å². The summed E-state index contributed by atoms with van der Waals surface area (Å²) in [7, 11) is 0. The molecule has 0 aliphatic heterocycles. The minimum atomic E-state index is -0.389. The van der Waals surface area contributed by atoms with E-state index in [1.54, 1.807) is 10.9 Å². The van der Waals surface area contributed by atoms with E-state index < -0.39 is 0 Å². The molecular weight excluding hydrogens is 386 g/mol. The maximum Gasteiger partial charge on any atom is 0.244 e. The lowest BCUT2D eigenvalue weighted by molar-refractivity contribution is -0.124. The third-order valence-electron chi connectivity index (χ3n) is 3.81. The van der Waals surface area contributed by atoms with Gasteiger partial charge in [-0.3, -0.25) is 9.48 Å². The van der Waals surface area contributed by atoms with Crippen LogP contribution in [0.1, 0.15) is 38.1 Å². The Morgan fingerprint density at radius 2 is 1.96 bits per heavy atom. The molecule has 0 fully saturated rings. The van der Waals surface area contributed by atoms with Gasteiger partial charge in [0.2, 0.25) is 5.91 Å². The Bertz CT molecular complexity index is 730. The molecule has 0 saturated heterocycles. The maximum atomic E-state index is 12.4. The van der Waals surface area contributed by atoms with Crippen LogP contribution in [0.5, 0.6) is 11.5 Å². The first-order valence-corrected chi connectivity index (χ1v) is 9.13. The second-order valence-electron chi connectivity index (χ2n) is 5.56.